The maximum absolute atomic E-state index is 12.0. The van der Waals surface area contributed by atoms with Crippen molar-refractivity contribution in [3.05, 3.63) is 29.3 Å². The van der Waals surface area contributed by atoms with Crippen LogP contribution >= 0.6 is 0 Å². The summed E-state index contributed by atoms with van der Waals surface area (Å²) in [5.41, 5.74) is 3.42. The lowest BCUT2D eigenvalue weighted by molar-refractivity contribution is -0.117. The van der Waals surface area contributed by atoms with Gasteiger partial charge in [0.25, 0.3) is 0 Å². The lowest BCUT2D eigenvalue weighted by Gasteiger charge is -2.26. The first-order chi connectivity index (χ1) is 10.1. The number of amides is 1. The van der Waals surface area contributed by atoms with Gasteiger partial charge < -0.3 is 4.74 Å². The average molecular weight is 291 g/mol. The van der Waals surface area contributed by atoms with E-state index in [0.717, 1.165) is 43.4 Å². The quantitative estimate of drug-likeness (QED) is 0.496. The van der Waals surface area contributed by atoms with E-state index in [4.69, 9.17) is 4.74 Å². The zero-order valence-electron chi connectivity index (χ0n) is 13.9. The van der Waals surface area contributed by atoms with Crippen LogP contribution in [0.2, 0.25) is 0 Å². The Morgan fingerprint density at radius 1 is 1.19 bits per heavy atom. The van der Waals surface area contributed by atoms with Gasteiger partial charge in [0.2, 0.25) is 5.91 Å². The SMILES string of the molecule is CCCCOCN(C(C)=O)c1c(C)cccc1CCCC. The van der Waals surface area contributed by atoms with E-state index in [9.17, 15) is 4.79 Å². The van der Waals surface area contributed by atoms with Crippen LogP contribution in [0.1, 0.15) is 57.6 Å². The standard InChI is InChI=1S/C18H29NO2/c1-5-7-11-17-12-9-10-15(3)18(17)19(16(4)20)14-21-13-8-6-2/h9-10,12H,5-8,11,13-14H2,1-4H3. The van der Waals surface area contributed by atoms with E-state index in [1.54, 1.807) is 11.8 Å². The summed E-state index contributed by atoms with van der Waals surface area (Å²) >= 11 is 0. The molecule has 0 saturated carbocycles. The minimum Gasteiger partial charge on any atom is -0.361 e. The summed E-state index contributed by atoms with van der Waals surface area (Å²) in [6.45, 7) is 9.05. The van der Waals surface area contributed by atoms with Crippen molar-refractivity contribution in [2.75, 3.05) is 18.2 Å². The molecule has 0 aliphatic rings. The number of rotatable bonds is 9. The van der Waals surface area contributed by atoms with E-state index in [-0.39, 0.29) is 5.91 Å². The molecule has 0 atom stereocenters. The van der Waals surface area contributed by atoms with Crippen molar-refractivity contribution >= 4 is 11.6 Å². The molecule has 0 radical (unpaired) electrons. The van der Waals surface area contributed by atoms with Gasteiger partial charge in [-0.25, -0.2) is 0 Å². The molecule has 0 bridgehead atoms. The fourth-order valence-corrected chi connectivity index (χ4v) is 2.39. The fourth-order valence-electron chi connectivity index (χ4n) is 2.39. The third-order valence-corrected chi connectivity index (χ3v) is 3.63. The van der Waals surface area contributed by atoms with Crippen LogP contribution in [0.15, 0.2) is 18.2 Å². The van der Waals surface area contributed by atoms with Crippen molar-refractivity contribution in [2.24, 2.45) is 0 Å². The number of carbonyl (C=O) groups excluding carboxylic acids is 1. The molecule has 118 valence electrons. The maximum Gasteiger partial charge on any atom is 0.225 e. The second kappa shape index (κ2) is 9.56. The summed E-state index contributed by atoms with van der Waals surface area (Å²) < 4.78 is 5.67. The zero-order valence-corrected chi connectivity index (χ0v) is 13.9. The summed E-state index contributed by atoms with van der Waals surface area (Å²) in [7, 11) is 0. The monoisotopic (exact) mass is 291 g/mol. The largest absolute Gasteiger partial charge is 0.361 e. The first-order valence-corrected chi connectivity index (χ1v) is 8.06. The Bertz CT molecular complexity index is 443. The van der Waals surface area contributed by atoms with Crippen molar-refractivity contribution in [1.82, 2.24) is 0 Å². The molecule has 3 nitrogen and oxygen atoms in total. The van der Waals surface area contributed by atoms with Gasteiger partial charge in [0.15, 0.2) is 0 Å². The predicted molar refractivity (Wildman–Crippen MR) is 88.7 cm³/mol. The van der Waals surface area contributed by atoms with E-state index in [0.29, 0.717) is 13.3 Å². The number of para-hydroxylation sites is 1. The lowest BCUT2D eigenvalue weighted by Crippen LogP contribution is -2.32. The van der Waals surface area contributed by atoms with Crippen LogP contribution in [-0.4, -0.2) is 19.2 Å². The van der Waals surface area contributed by atoms with Crippen molar-refractivity contribution < 1.29 is 9.53 Å². The molecular formula is C18H29NO2. The Hall–Kier alpha value is -1.35. The number of ether oxygens (including phenoxy) is 1. The van der Waals surface area contributed by atoms with Crippen molar-refractivity contribution in [3.63, 3.8) is 0 Å². The molecule has 1 aromatic rings. The van der Waals surface area contributed by atoms with Crippen LogP contribution in [0.5, 0.6) is 0 Å². The maximum atomic E-state index is 12.0. The van der Waals surface area contributed by atoms with Crippen LogP contribution in [0.25, 0.3) is 0 Å². The fraction of sp³-hybridized carbons (Fsp3) is 0.611. The molecule has 0 heterocycles. The van der Waals surface area contributed by atoms with E-state index in [1.807, 2.05) is 0 Å². The molecular weight excluding hydrogens is 262 g/mol. The van der Waals surface area contributed by atoms with Crippen LogP contribution in [0.3, 0.4) is 0 Å². The molecule has 0 aliphatic carbocycles. The van der Waals surface area contributed by atoms with Crippen molar-refractivity contribution in [3.8, 4) is 0 Å². The number of nitrogens with zero attached hydrogens (tertiary/aromatic N) is 1. The Morgan fingerprint density at radius 2 is 1.90 bits per heavy atom. The molecule has 21 heavy (non-hydrogen) atoms. The molecule has 1 amide bonds. The van der Waals surface area contributed by atoms with Gasteiger partial charge in [0.05, 0.1) is 5.69 Å². The van der Waals surface area contributed by atoms with Gasteiger partial charge in [-0.2, -0.15) is 0 Å². The smallest absolute Gasteiger partial charge is 0.225 e. The molecule has 1 rings (SSSR count). The van der Waals surface area contributed by atoms with Crippen molar-refractivity contribution in [2.45, 2.75) is 59.8 Å². The Morgan fingerprint density at radius 3 is 2.52 bits per heavy atom. The molecule has 0 aromatic heterocycles. The highest BCUT2D eigenvalue weighted by molar-refractivity contribution is 5.93. The van der Waals surface area contributed by atoms with Crippen LogP contribution in [0.4, 0.5) is 5.69 Å². The third-order valence-electron chi connectivity index (χ3n) is 3.63. The highest BCUT2D eigenvalue weighted by atomic mass is 16.5. The number of hydrogen-bond donors (Lipinski definition) is 0. The van der Waals surface area contributed by atoms with Gasteiger partial charge in [0, 0.05) is 13.5 Å². The summed E-state index contributed by atoms with van der Waals surface area (Å²) in [5, 5.41) is 0. The number of hydrogen-bond acceptors (Lipinski definition) is 2. The molecule has 0 unspecified atom stereocenters. The highest BCUT2D eigenvalue weighted by Gasteiger charge is 2.17. The Kier molecular flexibility index (Phi) is 8.06. The summed E-state index contributed by atoms with van der Waals surface area (Å²) in [6.07, 6.45) is 5.43. The van der Waals surface area contributed by atoms with E-state index < -0.39 is 0 Å². The molecule has 3 heteroatoms. The van der Waals surface area contributed by atoms with Gasteiger partial charge in [-0.3, -0.25) is 9.69 Å². The van der Waals surface area contributed by atoms with Crippen LogP contribution < -0.4 is 4.90 Å². The number of unbranched alkanes of at least 4 members (excludes halogenated alkanes) is 2. The molecule has 0 N–H and O–H groups in total. The minimum atomic E-state index is 0.0403. The van der Waals surface area contributed by atoms with Crippen LogP contribution in [0, 0.1) is 6.92 Å². The first kappa shape index (κ1) is 17.7. The normalized spacial score (nSPS) is 10.7. The predicted octanol–water partition coefficient (Wildman–Crippen LogP) is 4.46. The van der Waals surface area contributed by atoms with Gasteiger partial charge >= 0.3 is 0 Å². The van der Waals surface area contributed by atoms with E-state index in [2.05, 4.69) is 39.0 Å². The second-order valence-corrected chi connectivity index (χ2v) is 5.52. The van der Waals surface area contributed by atoms with Crippen LogP contribution in [-0.2, 0) is 16.0 Å². The van der Waals surface area contributed by atoms with Gasteiger partial charge in [-0.15, -0.1) is 0 Å². The van der Waals surface area contributed by atoms with Gasteiger partial charge in [-0.05, 0) is 37.3 Å². The topological polar surface area (TPSA) is 29.5 Å². The van der Waals surface area contributed by atoms with E-state index in [1.165, 1.54) is 5.56 Å². The number of benzene rings is 1. The number of anilines is 1. The first-order valence-electron chi connectivity index (χ1n) is 8.06. The molecule has 0 saturated heterocycles. The van der Waals surface area contributed by atoms with Crippen molar-refractivity contribution in [1.29, 1.82) is 0 Å². The Balaban J connectivity index is 2.92. The molecule has 0 fully saturated rings. The highest BCUT2D eigenvalue weighted by Crippen LogP contribution is 2.27. The summed E-state index contributed by atoms with van der Waals surface area (Å²) in [4.78, 5) is 13.8. The zero-order chi connectivity index (χ0) is 15.7. The second-order valence-electron chi connectivity index (χ2n) is 5.52. The number of aryl methyl sites for hydroxylation is 2. The molecule has 1 aromatic carbocycles. The lowest BCUT2D eigenvalue weighted by atomic mass is 10.0. The van der Waals surface area contributed by atoms with E-state index >= 15 is 0 Å². The number of carbonyl (C=O) groups is 1. The molecule has 0 aliphatic heterocycles. The summed E-state index contributed by atoms with van der Waals surface area (Å²) in [6, 6.07) is 6.26. The van der Waals surface area contributed by atoms with Gasteiger partial charge in [0.1, 0.15) is 6.73 Å². The average Bonchev–Trinajstić information content (AvgIpc) is 2.46. The minimum absolute atomic E-state index is 0.0403. The summed E-state index contributed by atoms with van der Waals surface area (Å²) in [5.74, 6) is 0.0403. The van der Waals surface area contributed by atoms with Gasteiger partial charge in [-0.1, -0.05) is 44.9 Å². The Labute approximate surface area is 129 Å². The third kappa shape index (κ3) is 5.50. The molecule has 0 spiro atoms.